The summed E-state index contributed by atoms with van der Waals surface area (Å²) in [7, 11) is 0. The van der Waals surface area contributed by atoms with Gasteiger partial charge in [0.1, 0.15) is 5.75 Å². The third kappa shape index (κ3) is 4.47. The summed E-state index contributed by atoms with van der Waals surface area (Å²) in [6, 6.07) is 15.7. The second kappa shape index (κ2) is 7.99. The standard InChI is InChI=1S/C18H20N2O2.ClH/c1-13(22-17-5-3-2-4-6-17)18(21)20-10-14-7-8-15-11-19-12-16(15)9-14;/h2-9,13,19H,10-12H2,1H3,(H,20,21);1H. The topological polar surface area (TPSA) is 50.4 Å². The van der Waals surface area contributed by atoms with E-state index in [9.17, 15) is 4.79 Å². The lowest BCUT2D eigenvalue weighted by Gasteiger charge is -2.15. The molecule has 0 saturated heterocycles. The molecule has 3 rings (SSSR count). The summed E-state index contributed by atoms with van der Waals surface area (Å²) in [6.45, 7) is 4.12. The van der Waals surface area contributed by atoms with Gasteiger partial charge in [-0.25, -0.2) is 0 Å². The van der Waals surface area contributed by atoms with Crippen molar-refractivity contribution in [3.63, 3.8) is 0 Å². The Balaban J connectivity index is 0.00000192. The zero-order chi connectivity index (χ0) is 15.4. The molecule has 2 aromatic rings. The highest BCUT2D eigenvalue weighted by atomic mass is 35.5. The molecule has 2 aromatic carbocycles. The summed E-state index contributed by atoms with van der Waals surface area (Å²) >= 11 is 0. The maximum absolute atomic E-state index is 12.1. The zero-order valence-electron chi connectivity index (χ0n) is 13.0. The molecule has 1 unspecified atom stereocenters. The van der Waals surface area contributed by atoms with Crippen LogP contribution in [0.3, 0.4) is 0 Å². The number of rotatable bonds is 5. The van der Waals surface area contributed by atoms with Gasteiger partial charge >= 0.3 is 0 Å². The van der Waals surface area contributed by atoms with Gasteiger partial charge in [0, 0.05) is 19.6 Å². The van der Waals surface area contributed by atoms with Crippen molar-refractivity contribution in [1.82, 2.24) is 10.6 Å². The van der Waals surface area contributed by atoms with E-state index in [1.165, 1.54) is 11.1 Å². The van der Waals surface area contributed by atoms with Crippen molar-refractivity contribution in [1.29, 1.82) is 0 Å². The number of para-hydroxylation sites is 1. The van der Waals surface area contributed by atoms with E-state index in [0.717, 1.165) is 18.7 Å². The first-order valence-corrected chi connectivity index (χ1v) is 7.53. The fraction of sp³-hybridized carbons (Fsp3) is 0.278. The minimum atomic E-state index is -0.515. The predicted octanol–water partition coefficient (Wildman–Crippen LogP) is 2.80. The van der Waals surface area contributed by atoms with Crippen LogP contribution < -0.4 is 15.4 Å². The summed E-state index contributed by atoms with van der Waals surface area (Å²) < 4.78 is 5.62. The Morgan fingerprint density at radius 2 is 1.91 bits per heavy atom. The molecule has 0 bridgehead atoms. The number of benzene rings is 2. The molecule has 0 aromatic heterocycles. The van der Waals surface area contributed by atoms with Gasteiger partial charge in [-0.05, 0) is 35.7 Å². The lowest BCUT2D eigenvalue weighted by Crippen LogP contribution is -2.35. The second-order valence-electron chi connectivity index (χ2n) is 5.50. The molecule has 1 heterocycles. The van der Waals surface area contributed by atoms with Crippen molar-refractivity contribution in [2.24, 2.45) is 0 Å². The van der Waals surface area contributed by atoms with Crippen LogP contribution in [0.1, 0.15) is 23.6 Å². The maximum atomic E-state index is 12.1. The zero-order valence-corrected chi connectivity index (χ0v) is 13.9. The number of amides is 1. The van der Waals surface area contributed by atoms with Gasteiger partial charge < -0.3 is 15.4 Å². The van der Waals surface area contributed by atoms with Gasteiger partial charge in [-0.1, -0.05) is 36.4 Å². The molecule has 0 saturated carbocycles. The first-order valence-electron chi connectivity index (χ1n) is 7.53. The molecular formula is C18H21ClN2O2. The molecule has 1 atom stereocenters. The molecule has 0 spiro atoms. The summed E-state index contributed by atoms with van der Waals surface area (Å²) in [6.07, 6.45) is -0.515. The van der Waals surface area contributed by atoms with E-state index in [1.54, 1.807) is 6.92 Å². The van der Waals surface area contributed by atoms with Crippen molar-refractivity contribution >= 4 is 18.3 Å². The first-order chi connectivity index (χ1) is 10.7. The minimum absolute atomic E-state index is 0. The Morgan fingerprint density at radius 1 is 1.17 bits per heavy atom. The summed E-state index contributed by atoms with van der Waals surface area (Å²) in [4.78, 5) is 12.1. The Kier molecular flexibility index (Phi) is 6.02. The average Bonchev–Trinajstić information content (AvgIpc) is 3.01. The second-order valence-corrected chi connectivity index (χ2v) is 5.50. The number of hydrogen-bond acceptors (Lipinski definition) is 3. The van der Waals surface area contributed by atoms with Crippen molar-refractivity contribution in [2.45, 2.75) is 32.7 Å². The van der Waals surface area contributed by atoms with E-state index < -0.39 is 6.10 Å². The van der Waals surface area contributed by atoms with E-state index in [2.05, 4.69) is 28.8 Å². The number of fused-ring (bicyclic) bond motifs is 1. The molecule has 0 aliphatic carbocycles. The van der Waals surface area contributed by atoms with E-state index in [1.807, 2.05) is 30.3 Å². The summed E-state index contributed by atoms with van der Waals surface area (Å²) in [5.41, 5.74) is 3.78. The van der Waals surface area contributed by atoms with Crippen LogP contribution in [-0.2, 0) is 24.4 Å². The quantitative estimate of drug-likeness (QED) is 0.885. The molecule has 23 heavy (non-hydrogen) atoms. The largest absolute Gasteiger partial charge is 0.481 e. The van der Waals surface area contributed by atoms with Gasteiger partial charge in [0.05, 0.1) is 0 Å². The molecule has 1 aliphatic heterocycles. The number of halogens is 1. The highest BCUT2D eigenvalue weighted by molar-refractivity contribution is 5.85. The molecule has 0 fully saturated rings. The predicted molar refractivity (Wildman–Crippen MR) is 92.6 cm³/mol. The third-order valence-corrected chi connectivity index (χ3v) is 3.79. The first kappa shape index (κ1) is 17.3. The summed E-state index contributed by atoms with van der Waals surface area (Å²) in [5, 5.41) is 6.24. The van der Waals surface area contributed by atoms with Gasteiger partial charge in [-0.2, -0.15) is 0 Å². The number of carbonyl (C=O) groups excluding carboxylic acids is 1. The molecule has 122 valence electrons. The molecule has 1 aliphatic rings. The Labute approximate surface area is 142 Å². The Bertz CT molecular complexity index is 661. The van der Waals surface area contributed by atoms with Crippen molar-refractivity contribution < 1.29 is 9.53 Å². The normalized spacial score (nSPS) is 13.6. The van der Waals surface area contributed by atoms with Crippen LogP contribution in [0.2, 0.25) is 0 Å². The van der Waals surface area contributed by atoms with E-state index >= 15 is 0 Å². The fourth-order valence-corrected chi connectivity index (χ4v) is 2.55. The van der Waals surface area contributed by atoms with Gasteiger partial charge in [0.2, 0.25) is 0 Å². The van der Waals surface area contributed by atoms with Gasteiger partial charge in [0.25, 0.3) is 5.91 Å². The SMILES string of the molecule is CC(Oc1ccccc1)C(=O)NCc1ccc2c(c1)CNC2.Cl. The van der Waals surface area contributed by atoms with Crippen LogP contribution in [0, 0.1) is 0 Å². The number of ether oxygens (including phenoxy) is 1. The summed E-state index contributed by atoms with van der Waals surface area (Å²) in [5.74, 6) is 0.594. The number of carbonyl (C=O) groups is 1. The van der Waals surface area contributed by atoms with Crippen LogP contribution in [0.15, 0.2) is 48.5 Å². The molecule has 2 N–H and O–H groups in total. The molecular weight excluding hydrogens is 312 g/mol. The highest BCUT2D eigenvalue weighted by Gasteiger charge is 2.15. The Hall–Kier alpha value is -2.04. The van der Waals surface area contributed by atoms with Crippen LogP contribution in [0.25, 0.3) is 0 Å². The van der Waals surface area contributed by atoms with E-state index in [0.29, 0.717) is 12.3 Å². The number of nitrogens with one attached hydrogen (secondary N) is 2. The number of hydrogen-bond donors (Lipinski definition) is 2. The Morgan fingerprint density at radius 3 is 2.70 bits per heavy atom. The van der Waals surface area contributed by atoms with Crippen molar-refractivity contribution in [2.75, 3.05) is 0 Å². The van der Waals surface area contributed by atoms with Crippen LogP contribution in [-0.4, -0.2) is 12.0 Å². The van der Waals surface area contributed by atoms with Crippen molar-refractivity contribution in [3.8, 4) is 5.75 Å². The van der Waals surface area contributed by atoms with Gasteiger partial charge in [-0.15, -0.1) is 12.4 Å². The third-order valence-electron chi connectivity index (χ3n) is 3.79. The van der Waals surface area contributed by atoms with Crippen molar-refractivity contribution in [3.05, 3.63) is 65.2 Å². The average molecular weight is 333 g/mol. The maximum Gasteiger partial charge on any atom is 0.261 e. The van der Waals surface area contributed by atoms with Gasteiger partial charge in [0.15, 0.2) is 6.10 Å². The van der Waals surface area contributed by atoms with Gasteiger partial charge in [-0.3, -0.25) is 4.79 Å². The molecule has 4 nitrogen and oxygen atoms in total. The van der Waals surface area contributed by atoms with Crippen LogP contribution in [0.4, 0.5) is 0 Å². The lowest BCUT2D eigenvalue weighted by molar-refractivity contribution is -0.127. The molecule has 0 radical (unpaired) electrons. The van der Waals surface area contributed by atoms with Crippen LogP contribution in [0.5, 0.6) is 5.75 Å². The molecule has 1 amide bonds. The monoisotopic (exact) mass is 332 g/mol. The lowest BCUT2D eigenvalue weighted by atomic mass is 10.1. The molecule has 5 heteroatoms. The van der Waals surface area contributed by atoms with Crippen LogP contribution >= 0.6 is 12.4 Å². The fourth-order valence-electron chi connectivity index (χ4n) is 2.55. The smallest absolute Gasteiger partial charge is 0.261 e. The highest BCUT2D eigenvalue weighted by Crippen LogP contribution is 2.17. The minimum Gasteiger partial charge on any atom is -0.481 e. The van der Waals surface area contributed by atoms with E-state index in [4.69, 9.17) is 4.74 Å². The van der Waals surface area contributed by atoms with E-state index in [-0.39, 0.29) is 18.3 Å².